The fourth-order valence-electron chi connectivity index (χ4n) is 2.45. The molecule has 0 aliphatic carbocycles. The Hall–Kier alpha value is -2.73. The predicted octanol–water partition coefficient (Wildman–Crippen LogP) is 2.70. The van der Waals surface area contributed by atoms with Gasteiger partial charge in [-0.15, -0.1) is 0 Å². The summed E-state index contributed by atoms with van der Waals surface area (Å²) in [5.41, 5.74) is 0.961. The third kappa shape index (κ3) is 4.07. The van der Waals surface area contributed by atoms with E-state index in [1.807, 2.05) is 0 Å². The lowest BCUT2D eigenvalue weighted by atomic mass is 10.1. The highest BCUT2D eigenvalue weighted by atomic mass is 32.2. The van der Waals surface area contributed by atoms with Crippen LogP contribution in [0.2, 0.25) is 0 Å². The van der Waals surface area contributed by atoms with Crippen molar-refractivity contribution in [3.8, 4) is 11.4 Å². The average molecular weight is 415 g/mol. The van der Waals surface area contributed by atoms with E-state index in [9.17, 15) is 21.6 Å². The summed E-state index contributed by atoms with van der Waals surface area (Å²) in [6.45, 7) is 2.00. The maximum Gasteiger partial charge on any atom is 0.471 e. The molecule has 0 radical (unpaired) electrons. The number of nitrogens with zero attached hydrogens (tertiary/aromatic N) is 5. The van der Waals surface area contributed by atoms with E-state index < -0.39 is 22.1 Å². The number of halogens is 3. The van der Waals surface area contributed by atoms with Crippen molar-refractivity contribution in [3.05, 3.63) is 48.0 Å². The molecule has 0 amide bonds. The van der Waals surface area contributed by atoms with Gasteiger partial charge in [0.15, 0.2) is 5.03 Å². The average Bonchev–Trinajstić information content (AvgIpc) is 3.29. The molecule has 8 nitrogen and oxygen atoms in total. The molecule has 150 valence electrons. The maximum atomic E-state index is 12.7. The molecule has 0 aliphatic heterocycles. The van der Waals surface area contributed by atoms with E-state index in [1.54, 1.807) is 26.1 Å². The number of alkyl halides is 3. The zero-order valence-electron chi connectivity index (χ0n) is 14.9. The van der Waals surface area contributed by atoms with Crippen LogP contribution in [0.4, 0.5) is 13.2 Å². The van der Waals surface area contributed by atoms with Crippen LogP contribution in [0.15, 0.2) is 46.1 Å². The van der Waals surface area contributed by atoms with Gasteiger partial charge in [-0.3, -0.25) is 4.68 Å². The number of rotatable bonds is 6. The van der Waals surface area contributed by atoms with Gasteiger partial charge in [0.2, 0.25) is 5.82 Å². The minimum atomic E-state index is -4.72. The van der Waals surface area contributed by atoms with Crippen molar-refractivity contribution in [3.63, 3.8) is 0 Å². The van der Waals surface area contributed by atoms with Crippen LogP contribution in [0.3, 0.4) is 0 Å². The molecule has 2 heterocycles. The molecule has 0 N–H and O–H groups in total. The van der Waals surface area contributed by atoms with Crippen molar-refractivity contribution in [1.29, 1.82) is 0 Å². The standard InChI is InChI=1S/C16H16F3N5O3S/c1-3-24(28(25,26)13-8-9-23(2)21-13)10-11-4-6-12(7-5-11)14-20-15(27-22-14)16(17,18)19/h4-9H,3,10H2,1-2H3. The van der Waals surface area contributed by atoms with E-state index in [2.05, 4.69) is 19.8 Å². The zero-order valence-corrected chi connectivity index (χ0v) is 15.7. The summed E-state index contributed by atoms with van der Waals surface area (Å²) in [4.78, 5) is 3.32. The molecular formula is C16H16F3N5O3S. The fourth-order valence-corrected chi connectivity index (χ4v) is 3.84. The van der Waals surface area contributed by atoms with Crippen molar-refractivity contribution in [1.82, 2.24) is 24.2 Å². The molecule has 0 unspecified atom stereocenters. The van der Waals surface area contributed by atoms with Gasteiger partial charge in [0.05, 0.1) is 0 Å². The minimum absolute atomic E-state index is 0.0556. The summed E-state index contributed by atoms with van der Waals surface area (Å²) in [6.07, 6.45) is -3.18. The van der Waals surface area contributed by atoms with Crippen molar-refractivity contribution in [2.75, 3.05) is 6.54 Å². The monoisotopic (exact) mass is 415 g/mol. The third-order valence-corrected chi connectivity index (χ3v) is 5.70. The van der Waals surface area contributed by atoms with Crippen molar-refractivity contribution >= 4 is 10.0 Å². The highest BCUT2D eigenvalue weighted by Crippen LogP contribution is 2.29. The minimum Gasteiger partial charge on any atom is -0.329 e. The molecule has 0 bridgehead atoms. The summed E-state index contributed by atoms with van der Waals surface area (Å²) >= 11 is 0. The van der Waals surface area contributed by atoms with Gasteiger partial charge in [-0.05, 0) is 11.6 Å². The molecule has 3 rings (SSSR count). The van der Waals surface area contributed by atoms with Crippen molar-refractivity contribution < 1.29 is 26.1 Å². The smallest absolute Gasteiger partial charge is 0.329 e. The fraction of sp³-hybridized carbons (Fsp3) is 0.312. The van der Waals surface area contributed by atoms with Gasteiger partial charge in [0.1, 0.15) is 0 Å². The van der Waals surface area contributed by atoms with Gasteiger partial charge in [0.25, 0.3) is 10.0 Å². The van der Waals surface area contributed by atoms with E-state index in [4.69, 9.17) is 0 Å². The largest absolute Gasteiger partial charge is 0.471 e. The first-order valence-electron chi connectivity index (χ1n) is 8.11. The van der Waals surface area contributed by atoms with E-state index in [-0.39, 0.29) is 23.9 Å². The molecule has 3 aromatic rings. The second kappa shape index (κ2) is 7.36. The van der Waals surface area contributed by atoms with Gasteiger partial charge in [-0.25, -0.2) is 8.42 Å². The van der Waals surface area contributed by atoms with Crippen LogP contribution in [0, 0.1) is 0 Å². The summed E-state index contributed by atoms with van der Waals surface area (Å²) < 4.78 is 69.9. The Morgan fingerprint density at radius 2 is 1.86 bits per heavy atom. The van der Waals surface area contributed by atoms with Crippen LogP contribution in [-0.2, 0) is 29.8 Å². The van der Waals surface area contributed by atoms with Crippen LogP contribution in [0.1, 0.15) is 18.4 Å². The van der Waals surface area contributed by atoms with Gasteiger partial charge in [-0.2, -0.15) is 27.6 Å². The molecule has 0 saturated heterocycles. The summed E-state index contributed by atoms with van der Waals surface area (Å²) in [5, 5.41) is 7.20. The molecular weight excluding hydrogens is 399 g/mol. The molecule has 12 heteroatoms. The number of benzene rings is 1. The van der Waals surface area contributed by atoms with Gasteiger partial charge < -0.3 is 4.52 Å². The second-order valence-electron chi connectivity index (χ2n) is 5.88. The number of aromatic nitrogens is 4. The molecule has 0 saturated carbocycles. The van der Waals surface area contributed by atoms with E-state index in [0.717, 1.165) is 0 Å². The molecule has 28 heavy (non-hydrogen) atoms. The van der Waals surface area contributed by atoms with Crippen LogP contribution in [0.25, 0.3) is 11.4 Å². The van der Waals surface area contributed by atoms with Gasteiger partial charge in [-0.1, -0.05) is 36.3 Å². The first-order valence-corrected chi connectivity index (χ1v) is 9.55. The van der Waals surface area contributed by atoms with Crippen LogP contribution >= 0.6 is 0 Å². The van der Waals surface area contributed by atoms with E-state index in [0.29, 0.717) is 11.1 Å². The zero-order chi connectivity index (χ0) is 20.5. The summed E-state index contributed by atoms with van der Waals surface area (Å²) in [7, 11) is -2.15. The Kier molecular flexibility index (Phi) is 5.26. The van der Waals surface area contributed by atoms with Crippen LogP contribution < -0.4 is 0 Å². The highest BCUT2D eigenvalue weighted by Gasteiger charge is 2.38. The number of hydrogen-bond donors (Lipinski definition) is 0. The number of aryl methyl sites for hydroxylation is 1. The predicted molar refractivity (Wildman–Crippen MR) is 91.2 cm³/mol. The maximum absolute atomic E-state index is 12.7. The summed E-state index contributed by atoms with van der Waals surface area (Å²) in [6, 6.07) is 7.60. The number of sulfonamides is 1. The first-order chi connectivity index (χ1) is 13.1. The SMILES string of the molecule is CCN(Cc1ccc(-c2noc(C(F)(F)F)n2)cc1)S(=O)(=O)c1ccn(C)n1. The molecule has 0 atom stereocenters. The van der Waals surface area contributed by atoms with Crippen molar-refractivity contribution in [2.24, 2.45) is 7.05 Å². The highest BCUT2D eigenvalue weighted by molar-refractivity contribution is 7.89. The Morgan fingerprint density at radius 3 is 2.36 bits per heavy atom. The van der Waals surface area contributed by atoms with Crippen LogP contribution in [0.5, 0.6) is 0 Å². The Balaban J connectivity index is 1.78. The second-order valence-corrected chi connectivity index (χ2v) is 7.76. The topological polar surface area (TPSA) is 94.1 Å². The van der Waals surface area contributed by atoms with Crippen molar-refractivity contribution in [2.45, 2.75) is 24.7 Å². The van der Waals surface area contributed by atoms with E-state index >= 15 is 0 Å². The Labute approximate surface area is 158 Å². The molecule has 0 fully saturated rings. The lowest BCUT2D eigenvalue weighted by Crippen LogP contribution is -2.30. The summed E-state index contributed by atoms with van der Waals surface area (Å²) in [5.74, 6) is -1.63. The first kappa shape index (κ1) is 20.0. The Morgan fingerprint density at radius 1 is 1.18 bits per heavy atom. The van der Waals surface area contributed by atoms with Gasteiger partial charge >= 0.3 is 12.1 Å². The lowest BCUT2D eigenvalue weighted by Gasteiger charge is -2.19. The molecule has 0 spiro atoms. The molecule has 1 aromatic carbocycles. The molecule has 0 aliphatic rings. The third-order valence-electron chi connectivity index (χ3n) is 3.89. The van der Waals surface area contributed by atoms with Gasteiger partial charge in [0, 0.05) is 31.9 Å². The molecule has 2 aromatic heterocycles. The van der Waals surface area contributed by atoms with Crippen LogP contribution in [-0.4, -0.2) is 39.2 Å². The Bertz CT molecular complexity index is 1060. The quantitative estimate of drug-likeness (QED) is 0.615. The normalized spacial score (nSPS) is 12.6. The van der Waals surface area contributed by atoms with E-state index in [1.165, 1.54) is 33.4 Å². The lowest BCUT2D eigenvalue weighted by molar-refractivity contribution is -0.159. The number of hydrogen-bond acceptors (Lipinski definition) is 6.